The van der Waals surface area contributed by atoms with Crippen molar-refractivity contribution >= 4 is 23.0 Å². The lowest BCUT2D eigenvalue weighted by molar-refractivity contribution is -0.278. The Balaban J connectivity index is 1.34. The molecule has 1 saturated heterocycles. The number of aliphatic hydroxyl groups is 3. The van der Waals surface area contributed by atoms with E-state index < -0.39 is 54.5 Å². The zero-order valence-corrected chi connectivity index (χ0v) is 25.4. The third kappa shape index (κ3) is 7.10. The molecular weight excluding hydrogens is 620 g/mol. The van der Waals surface area contributed by atoms with E-state index >= 15 is 0 Å². The molecule has 3 aromatic carbocycles. The maximum absolute atomic E-state index is 13.0. The van der Waals surface area contributed by atoms with Gasteiger partial charge in [0.2, 0.25) is 12.0 Å². The molecule has 14 heteroatoms. The highest BCUT2D eigenvalue weighted by Gasteiger charge is 2.45. The molecule has 0 aliphatic carbocycles. The van der Waals surface area contributed by atoms with Crippen molar-refractivity contribution in [1.82, 2.24) is 0 Å². The molecule has 47 heavy (non-hydrogen) atoms. The van der Waals surface area contributed by atoms with Crippen LogP contribution in [0.1, 0.15) is 5.56 Å². The summed E-state index contributed by atoms with van der Waals surface area (Å²) in [5.41, 5.74) is 0.286. The van der Waals surface area contributed by atoms with Gasteiger partial charge < -0.3 is 58.4 Å². The first kappa shape index (κ1) is 33.1. The van der Waals surface area contributed by atoms with Crippen molar-refractivity contribution in [3.63, 3.8) is 0 Å². The molecule has 5 rings (SSSR count). The van der Waals surface area contributed by atoms with Crippen molar-refractivity contribution in [1.29, 1.82) is 0 Å². The number of carbonyl (C=O) groups is 1. The minimum absolute atomic E-state index is 0.0334. The van der Waals surface area contributed by atoms with Crippen LogP contribution in [0.15, 0.2) is 69.9 Å². The fraction of sp³-hybridized carbons (Fsp3) is 0.273. The predicted molar refractivity (Wildman–Crippen MR) is 165 cm³/mol. The summed E-state index contributed by atoms with van der Waals surface area (Å²) >= 11 is 0. The first-order chi connectivity index (χ1) is 22.5. The van der Waals surface area contributed by atoms with E-state index in [9.17, 15) is 35.1 Å². The van der Waals surface area contributed by atoms with Crippen LogP contribution >= 0.6 is 0 Å². The van der Waals surface area contributed by atoms with Crippen LogP contribution in [-0.4, -0.2) is 90.1 Å². The van der Waals surface area contributed by atoms with Crippen LogP contribution in [0.4, 0.5) is 0 Å². The Morgan fingerprint density at radius 3 is 2.17 bits per heavy atom. The summed E-state index contributed by atoms with van der Waals surface area (Å²) in [5, 5.41) is 52.3. The zero-order valence-electron chi connectivity index (χ0n) is 25.4. The van der Waals surface area contributed by atoms with E-state index in [1.54, 1.807) is 24.3 Å². The van der Waals surface area contributed by atoms with Crippen LogP contribution in [0.3, 0.4) is 0 Å². The van der Waals surface area contributed by atoms with Gasteiger partial charge in [-0.25, -0.2) is 4.79 Å². The van der Waals surface area contributed by atoms with Gasteiger partial charge in [-0.2, -0.15) is 0 Å². The van der Waals surface area contributed by atoms with Crippen LogP contribution in [0.2, 0.25) is 0 Å². The Hall–Kier alpha value is -5.28. The van der Waals surface area contributed by atoms with Gasteiger partial charge in [0.15, 0.2) is 16.9 Å². The highest BCUT2D eigenvalue weighted by atomic mass is 16.7. The number of phenols is 2. The molecule has 0 bridgehead atoms. The average molecular weight is 653 g/mol. The molecule has 0 amide bonds. The molecule has 2 heterocycles. The van der Waals surface area contributed by atoms with Crippen molar-refractivity contribution in [2.75, 3.05) is 27.9 Å². The molecule has 4 aromatic rings. The number of aliphatic hydroxyl groups excluding tert-OH is 3. The van der Waals surface area contributed by atoms with Gasteiger partial charge in [-0.1, -0.05) is 12.1 Å². The predicted octanol–water partition coefficient (Wildman–Crippen LogP) is 2.34. The van der Waals surface area contributed by atoms with E-state index in [-0.39, 0.29) is 39.7 Å². The van der Waals surface area contributed by atoms with Crippen LogP contribution in [0, 0.1) is 0 Å². The number of hydrogen-bond donors (Lipinski definition) is 5. The lowest BCUT2D eigenvalue weighted by Crippen LogP contribution is -2.60. The standard InChI is InChI=1S/C33H32O14/c1-41-18-7-4-16(5-8-18)6-9-27(36)44-15-26-30(38)31(39)32(40)33(47-26)45-19-12-20(34)28-21(35)14-22(46-23(28)13-19)17-10-24(42-2)29(37)25(11-17)43-3/h4-14,26,30-34,37-40H,15H2,1-3H3/t26-,30-,31+,32-,33-/m1/s1. The van der Waals surface area contributed by atoms with Crippen LogP contribution in [0.25, 0.3) is 28.4 Å². The molecule has 1 aromatic heterocycles. The SMILES string of the molecule is COc1ccc(C=CC(=O)OC[C@H]2O[C@@H](Oc3cc(O)c4c(=O)cc(-c5cc(OC)c(O)c(OC)c5)oc4c3)[C@H](O)[C@@H](O)[C@@H]2O)cc1. The third-order valence-corrected chi connectivity index (χ3v) is 7.39. The van der Waals surface area contributed by atoms with Crippen molar-refractivity contribution in [3.05, 3.63) is 76.5 Å². The van der Waals surface area contributed by atoms with Crippen molar-refractivity contribution in [2.45, 2.75) is 30.7 Å². The second-order valence-electron chi connectivity index (χ2n) is 10.4. The highest BCUT2D eigenvalue weighted by Crippen LogP contribution is 2.41. The quantitative estimate of drug-likeness (QED) is 0.123. The first-order valence-corrected chi connectivity index (χ1v) is 14.1. The monoisotopic (exact) mass is 652 g/mol. The lowest BCUT2D eigenvalue weighted by Gasteiger charge is -2.39. The second kappa shape index (κ2) is 14.0. The summed E-state index contributed by atoms with van der Waals surface area (Å²) in [4.78, 5) is 25.3. The molecular formula is C33H32O14. The lowest BCUT2D eigenvalue weighted by atomic mass is 9.99. The summed E-state index contributed by atoms with van der Waals surface area (Å²) in [6, 6.07) is 13.2. The Kier molecular flexibility index (Phi) is 9.86. The molecule has 0 saturated carbocycles. The number of phenolic OH excluding ortho intramolecular Hbond substituents is 2. The van der Waals surface area contributed by atoms with E-state index in [0.29, 0.717) is 16.9 Å². The van der Waals surface area contributed by atoms with E-state index in [0.717, 1.165) is 12.1 Å². The fourth-order valence-electron chi connectivity index (χ4n) is 4.87. The number of benzene rings is 3. The molecule has 14 nitrogen and oxygen atoms in total. The maximum atomic E-state index is 13.0. The maximum Gasteiger partial charge on any atom is 0.330 e. The van der Waals surface area contributed by atoms with Gasteiger partial charge >= 0.3 is 5.97 Å². The summed E-state index contributed by atoms with van der Waals surface area (Å²) in [6.07, 6.45) is -5.41. The number of aromatic hydroxyl groups is 2. The number of fused-ring (bicyclic) bond motifs is 1. The summed E-state index contributed by atoms with van der Waals surface area (Å²) in [5.74, 6) is -0.878. The molecule has 0 unspecified atom stereocenters. The normalized spacial score (nSPS) is 21.0. The van der Waals surface area contributed by atoms with E-state index in [1.165, 1.54) is 51.7 Å². The Labute approximate surface area is 267 Å². The number of hydrogen-bond acceptors (Lipinski definition) is 14. The smallest absolute Gasteiger partial charge is 0.330 e. The Morgan fingerprint density at radius 2 is 1.53 bits per heavy atom. The van der Waals surface area contributed by atoms with Crippen molar-refractivity contribution < 1.29 is 63.2 Å². The fourth-order valence-corrected chi connectivity index (χ4v) is 4.87. The van der Waals surface area contributed by atoms with Gasteiger partial charge in [-0.05, 0) is 35.9 Å². The van der Waals surface area contributed by atoms with Gasteiger partial charge in [-0.15, -0.1) is 0 Å². The third-order valence-electron chi connectivity index (χ3n) is 7.39. The molecule has 1 fully saturated rings. The van der Waals surface area contributed by atoms with E-state index in [2.05, 4.69) is 0 Å². The first-order valence-electron chi connectivity index (χ1n) is 14.1. The van der Waals surface area contributed by atoms with Crippen molar-refractivity contribution in [2.24, 2.45) is 0 Å². The Bertz CT molecular complexity index is 1810. The molecule has 248 valence electrons. The summed E-state index contributed by atoms with van der Waals surface area (Å²) in [7, 11) is 4.21. The van der Waals surface area contributed by atoms with Gasteiger partial charge in [0.25, 0.3) is 0 Å². The number of methoxy groups -OCH3 is 3. The number of ether oxygens (including phenoxy) is 6. The van der Waals surface area contributed by atoms with Gasteiger partial charge in [0.05, 0.1) is 21.3 Å². The Morgan fingerprint density at radius 1 is 0.851 bits per heavy atom. The molecule has 0 spiro atoms. The minimum Gasteiger partial charge on any atom is -0.507 e. The molecule has 1 aliphatic heterocycles. The topological polar surface area (TPSA) is 204 Å². The van der Waals surface area contributed by atoms with E-state index in [1.807, 2.05) is 0 Å². The average Bonchev–Trinajstić information content (AvgIpc) is 3.06. The highest BCUT2D eigenvalue weighted by molar-refractivity contribution is 5.87. The second-order valence-corrected chi connectivity index (χ2v) is 10.4. The van der Waals surface area contributed by atoms with E-state index in [4.69, 9.17) is 32.8 Å². The van der Waals surface area contributed by atoms with Gasteiger partial charge in [-0.3, -0.25) is 4.79 Å². The summed E-state index contributed by atoms with van der Waals surface area (Å²) < 4.78 is 37.9. The summed E-state index contributed by atoms with van der Waals surface area (Å²) in [6.45, 7) is -0.503. The number of rotatable bonds is 10. The molecule has 1 aliphatic rings. The zero-order chi connectivity index (χ0) is 33.8. The minimum atomic E-state index is -1.76. The van der Waals surface area contributed by atoms with Crippen LogP contribution in [-0.2, 0) is 14.3 Å². The number of esters is 1. The molecule has 5 atom stereocenters. The number of carbonyl (C=O) groups excluding carboxylic acids is 1. The van der Waals surface area contributed by atoms with Gasteiger partial charge in [0, 0.05) is 29.8 Å². The molecule has 0 radical (unpaired) electrons. The van der Waals surface area contributed by atoms with Crippen LogP contribution < -0.4 is 24.4 Å². The van der Waals surface area contributed by atoms with Gasteiger partial charge in [0.1, 0.15) is 65.0 Å². The molecule has 5 N–H and O–H groups in total. The van der Waals surface area contributed by atoms with Crippen molar-refractivity contribution in [3.8, 4) is 45.8 Å². The van der Waals surface area contributed by atoms with Crippen LogP contribution in [0.5, 0.6) is 34.5 Å². The largest absolute Gasteiger partial charge is 0.507 e.